The zero-order chi connectivity index (χ0) is 8.48. The van der Waals surface area contributed by atoms with Crippen molar-refractivity contribution < 1.29 is 4.74 Å². The molecule has 1 N–H and O–H groups in total. The summed E-state index contributed by atoms with van der Waals surface area (Å²) < 4.78 is 5.35. The Balaban J connectivity index is 2.22. The van der Waals surface area contributed by atoms with E-state index in [4.69, 9.17) is 4.74 Å². The number of nitrogens with zero attached hydrogens (tertiary/aromatic N) is 1. The minimum Gasteiger partial charge on any atom is -0.371 e. The molecule has 3 heteroatoms. The van der Waals surface area contributed by atoms with E-state index in [0.717, 1.165) is 5.84 Å². The lowest BCUT2D eigenvalue weighted by Gasteiger charge is -2.34. The van der Waals surface area contributed by atoms with Gasteiger partial charge < -0.3 is 10.1 Å². The number of ether oxygens (including phenoxy) is 1. The van der Waals surface area contributed by atoms with E-state index in [1.165, 1.54) is 0 Å². The summed E-state index contributed by atoms with van der Waals surface area (Å²) >= 11 is 0. The van der Waals surface area contributed by atoms with Gasteiger partial charge in [-0.25, -0.2) is 4.99 Å². The van der Waals surface area contributed by atoms with Crippen LogP contribution in [-0.2, 0) is 4.74 Å². The molecule has 64 valence electrons. The topological polar surface area (TPSA) is 33.6 Å². The molecule has 1 heterocycles. The van der Waals surface area contributed by atoms with Crippen molar-refractivity contribution in [1.82, 2.24) is 5.32 Å². The Kier molecular flexibility index (Phi) is 2.18. The number of nitrogens with one attached hydrogen (secondary N) is 1. The van der Waals surface area contributed by atoms with Gasteiger partial charge in [-0.05, 0) is 27.7 Å². The second kappa shape index (κ2) is 2.81. The van der Waals surface area contributed by atoms with Crippen molar-refractivity contribution in [1.29, 1.82) is 0 Å². The fraction of sp³-hybridized carbons (Fsp3) is 0.875. The Bertz CT molecular complexity index is 173. The highest BCUT2D eigenvalue weighted by Crippen LogP contribution is 2.12. The predicted octanol–water partition coefficient (Wildman–Crippen LogP) is 1.15. The lowest BCUT2D eigenvalue weighted by atomic mass is 10.2. The van der Waals surface area contributed by atoms with Crippen molar-refractivity contribution >= 4 is 5.84 Å². The van der Waals surface area contributed by atoms with Gasteiger partial charge in [0.15, 0.2) is 0 Å². The predicted molar refractivity (Wildman–Crippen MR) is 45.7 cm³/mol. The van der Waals surface area contributed by atoms with E-state index in [0.29, 0.717) is 6.61 Å². The number of rotatable bonds is 3. The molecule has 0 aromatic heterocycles. The van der Waals surface area contributed by atoms with Crippen LogP contribution in [0.25, 0.3) is 0 Å². The number of hydrogen-bond donors (Lipinski definition) is 1. The van der Waals surface area contributed by atoms with E-state index in [2.05, 4.69) is 10.3 Å². The Morgan fingerprint density at radius 1 is 1.55 bits per heavy atom. The van der Waals surface area contributed by atoms with E-state index < -0.39 is 0 Å². The van der Waals surface area contributed by atoms with Gasteiger partial charge in [-0.1, -0.05) is 0 Å². The molecular formula is C8H16N2O. The second-order valence-corrected chi connectivity index (χ2v) is 3.60. The first kappa shape index (κ1) is 8.53. The Morgan fingerprint density at radius 2 is 2.09 bits per heavy atom. The van der Waals surface area contributed by atoms with E-state index in [1.807, 2.05) is 27.7 Å². The van der Waals surface area contributed by atoms with Gasteiger partial charge in [-0.2, -0.15) is 0 Å². The van der Waals surface area contributed by atoms with Crippen LogP contribution < -0.4 is 5.32 Å². The molecule has 0 bridgehead atoms. The second-order valence-electron chi connectivity index (χ2n) is 3.60. The maximum Gasteiger partial charge on any atom is 0.127 e. The normalized spacial score (nSPS) is 20.6. The molecule has 0 unspecified atom stereocenters. The molecule has 0 atom stereocenters. The van der Waals surface area contributed by atoms with Crippen molar-refractivity contribution in [3.8, 4) is 0 Å². The van der Waals surface area contributed by atoms with Gasteiger partial charge in [0.05, 0.1) is 6.10 Å². The highest BCUT2D eigenvalue weighted by Gasteiger charge is 2.26. The standard InChI is InChI=1S/C8H16N2O/c1-6(2)11-5-7-9-8(3,4)10-7/h6H,5H2,1-4H3,(H,9,10). The smallest absolute Gasteiger partial charge is 0.127 e. The molecule has 1 aliphatic heterocycles. The third-order valence-corrected chi connectivity index (χ3v) is 1.42. The summed E-state index contributed by atoms with van der Waals surface area (Å²) in [6.45, 7) is 8.72. The summed E-state index contributed by atoms with van der Waals surface area (Å²) in [5.41, 5.74) is -0.0598. The van der Waals surface area contributed by atoms with Crippen LogP contribution in [0.2, 0.25) is 0 Å². The molecule has 1 aliphatic rings. The van der Waals surface area contributed by atoms with E-state index >= 15 is 0 Å². The molecule has 0 fully saturated rings. The molecule has 0 saturated heterocycles. The SMILES string of the molecule is CC(C)OCC1=NC(C)(C)N1. The van der Waals surface area contributed by atoms with Crippen LogP contribution in [0.15, 0.2) is 4.99 Å². The summed E-state index contributed by atoms with van der Waals surface area (Å²) in [6, 6.07) is 0. The first-order valence-corrected chi connectivity index (χ1v) is 3.98. The van der Waals surface area contributed by atoms with E-state index in [-0.39, 0.29) is 11.8 Å². The van der Waals surface area contributed by atoms with E-state index in [9.17, 15) is 0 Å². The monoisotopic (exact) mass is 156 g/mol. The lowest BCUT2D eigenvalue weighted by Crippen LogP contribution is -2.54. The highest BCUT2D eigenvalue weighted by molar-refractivity contribution is 5.88. The van der Waals surface area contributed by atoms with Crippen molar-refractivity contribution in [2.24, 2.45) is 4.99 Å². The summed E-state index contributed by atoms with van der Waals surface area (Å²) in [7, 11) is 0. The molecule has 0 amide bonds. The van der Waals surface area contributed by atoms with Gasteiger partial charge in [0, 0.05) is 0 Å². The van der Waals surface area contributed by atoms with Gasteiger partial charge in [-0.3, -0.25) is 0 Å². The van der Waals surface area contributed by atoms with Gasteiger partial charge in [0.25, 0.3) is 0 Å². The zero-order valence-electron chi connectivity index (χ0n) is 7.64. The van der Waals surface area contributed by atoms with Gasteiger partial charge in [0.2, 0.25) is 0 Å². The molecule has 3 nitrogen and oxygen atoms in total. The van der Waals surface area contributed by atoms with Crippen LogP contribution in [0, 0.1) is 0 Å². The maximum atomic E-state index is 5.35. The van der Waals surface area contributed by atoms with Crippen LogP contribution in [0.3, 0.4) is 0 Å². The molecule has 0 saturated carbocycles. The third-order valence-electron chi connectivity index (χ3n) is 1.42. The summed E-state index contributed by atoms with van der Waals surface area (Å²) in [5.74, 6) is 0.962. The minimum absolute atomic E-state index is 0.0598. The fourth-order valence-electron chi connectivity index (χ4n) is 1.01. The molecule has 0 spiro atoms. The molecule has 11 heavy (non-hydrogen) atoms. The minimum atomic E-state index is -0.0598. The number of hydrogen-bond acceptors (Lipinski definition) is 3. The molecule has 1 rings (SSSR count). The highest BCUT2D eigenvalue weighted by atomic mass is 16.5. The van der Waals surface area contributed by atoms with Crippen molar-refractivity contribution in [2.45, 2.75) is 39.5 Å². The molecule has 0 radical (unpaired) electrons. The maximum absolute atomic E-state index is 5.35. The third kappa shape index (κ3) is 2.50. The van der Waals surface area contributed by atoms with Gasteiger partial charge in [-0.15, -0.1) is 0 Å². The Labute approximate surface area is 67.8 Å². The van der Waals surface area contributed by atoms with Crippen LogP contribution >= 0.6 is 0 Å². The first-order chi connectivity index (χ1) is 4.99. The zero-order valence-corrected chi connectivity index (χ0v) is 7.64. The summed E-state index contributed by atoms with van der Waals surface area (Å²) in [6.07, 6.45) is 0.281. The quantitative estimate of drug-likeness (QED) is 0.665. The Hall–Kier alpha value is -0.570. The van der Waals surface area contributed by atoms with Crippen LogP contribution in [0.1, 0.15) is 27.7 Å². The summed E-state index contributed by atoms with van der Waals surface area (Å²) in [5, 5.41) is 3.20. The largest absolute Gasteiger partial charge is 0.371 e. The number of aliphatic imine (C=N–C) groups is 1. The van der Waals surface area contributed by atoms with Crippen molar-refractivity contribution in [3.05, 3.63) is 0 Å². The molecule has 0 aromatic carbocycles. The molecular weight excluding hydrogens is 140 g/mol. The van der Waals surface area contributed by atoms with Gasteiger partial charge >= 0.3 is 0 Å². The Morgan fingerprint density at radius 3 is 2.45 bits per heavy atom. The molecule has 0 aliphatic carbocycles. The van der Waals surface area contributed by atoms with E-state index in [1.54, 1.807) is 0 Å². The first-order valence-electron chi connectivity index (χ1n) is 3.98. The average molecular weight is 156 g/mol. The average Bonchev–Trinajstić information content (AvgIpc) is 1.78. The van der Waals surface area contributed by atoms with Crippen LogP contribution in [0.4, 0.5) is 0 Å². The van der Waals surface area contributed by atoms with Crippen molar-refractivity contribution in [3.63, 3.8) is 0 Å². The lowest BCUT2D eigenvalue weighted by molar-refractivity contribution is 0.105. The van der Waals surface area contributed by atoms with Crippen LogP contribution in [-0.4, -0.2) is 24.2 Å². The summed E-state index contributed by atoms with van der Waals surface area (Å²) in [4.78, 5) is 4.31. The van der Waals surface area contributed by atoms with Crippen molar-refractivity contribution in [2.75, 3.05) is 6.61 Å². The molecule has 0 aromatic rings. The number of amidine groups is 1. The van der Waals surface area contributed by atoms with Gasteiger partial charge in [0.1, 0.15) is 18.1 Å². The van der Waals surface area contributed by atoms with Crippen LogP contribution in [0.5, 0.6) is 0 Å². The fourth-order valence-corrected chi connectivity index (χ4v) is 1.01.